The normalized spacial score (nSPS) is 16.9. The molecule has 0 fully saturated rings. The summed E-state index contributed by atoms with van der Waals surface area (Å²) in [5, 5.41) is 0. The van der Waals surface area contributed by atoms with Crippen molar-refractivity contribution < 1.29 is 0 Å². The summed E-state index contributed by atoms with van der Waals surface area (Å²) in [6, 6.07) is 15.6. The van der Waals surface area contributed by atoms with Crippen molar-refractivity contribution in [2.75, 3.05) is 0 Å². The van der Waals surface area contributed by atoms with Crippen molar-refractivity contribution in [3.8, 4) is 0 Å². The summed E-state index contributed by atoms with van der Waals surface area (Å²) in [6.07, 6.45) is 0. The molecule has 88 valence electrons. The van der Waals surface area contributed by atoms with E-state index in [4.69, 9.17) is 0 Å². The highest BCUT2D eigenvalue weighted by atomic mass is 15.1. The van der Waals surface area contributed by atoms with Gasteiger partial charge in [0.1, 0.15) is 5.82 Å². The van der Waals surface area contributed by atoms with Crippen molar-refractivity contribution in [2.24, 2.45) is 0 Å². The first-order valence-electron chi connectivity index (χ1n) is 6.30. The van der Waals surface area contributed by atoms with E-state index in [1.54, 1.807) is 0 Å². The molecule has 0 aliphatic carbocycles. The van der Waals surface area contributed by atoms with Crippen molar-refractivity contribution in [3.05, 3.63) is 65.0 Å². The summed E-state index contributed by atoms with van der Waals surface area (Å²) in [5.41, 5.74) is 6.43. The minimum absolute atomic E-state index is 0.322. The first-order valence-corrected chi connectivity index (χ1v) is 6.30. The van der Waals surface area contributed by atoms with Gasteiger partial charge in [-0.1, -0.05) is 42.0 Å². The number of aromatic nitrogens is 2. The van der Waals surface area contributed by atoms with Gasteiger partial charge in [-0.05, 0) is 25.5 Å². The molecule has 1 aliphatic heterocycles. The average molecular weight is 234 g/mol. The molecule has 3 aromatic rings. The van der Waals surface area contributed by atoms with E-state index in [1.807, 2.05) is 0 Å². The zero-order valence-corrected chi connectivity index (χ0v) is 10.5. The highest BCUT2D eigenvalue weighted by Crippen LogP contribution is 2.41. The van der Waals surface area contributed by atoms with Gasteiger partial charge in [0.25, 0.3) is 0 Å². The summed E-state index contributed by atoms with van der Waals surface area (Å²) >= 11 is 0. The number of hydrogen-bond acceptors (Lipinski definition) is 1. The Morgan fingerprint density at radius 1 is 1.06 bits per heavy atom. The van der Waals surface area contributed by atoms with Crippen LogP contribution in [0.3, 0.4) is 0 Å². The maximum Gasteiger partial charge on any atom is 0.107 e. The monoisotopic (exact) mass is 234 g/mol. The topological polar surface area (TPSA) is 17.8 Å². The molecule has 2 heteroatoms. The Kier molecular flexibility index (Phi) is 1.77. The number of nitrogens with zero attached hydrogens (tertiary/aromatic N) is 2. The molecule has 0 radical (unpaired) electrons. The van der Waals surface area contributed by atoms with Crippen LogP contribution in [0, 0.1) is 13.8 Å². The van der Waals surface area contributed by atoms with E-state index in [1.165, 1.54) is 27.7 Å². The van der Waals surface area contributed by atoms with E-state index in [0.29, 0.717) is 6.04 Å². The molecule has 1 aromatic heterocycles. The number of benzene rings is 2. The maximum atomic E-state index is 4.64. The van der Waals surface area contributed by atoms with Crippen molar-refractivity contribution in [1.82, 2.24) is 9.55 Å². The predicted molar refractivity (Wildman–Crippen MR) is 72.9 cm³/mol. The molecular formula is C16H14N2. The van der Waals surface area contributed by atoms with Crippen molar-refractivity contribution in [3.63, 3.8) is 0 Å². The lowest BCUT2D eigenvalue weighted by molar-refractivity contribution is 0.679. The number of hydrogen-bond donors (Lipinski definition) is 0. The molecule has 0 saturated heterocycles. The largest absolute Gasteiger partial charge is 0.316 e. The number of rotatable bonds is 1. The van der Waals surface area contributed by atoms with Gasteiger partial charge >= 0.3 is 0 Å². The van der Waals surface area contributed by atoms with Gasteiger partial charge in [0.2, 0.25) is 0 Å². The first kappa shape index (κ1) is 9.89. The maximum absolute atomic E-state index is 4.64. The van der Waals surface area contributed by atoms with Gasteiger partial charge in [-0.2, -0.15) is 0 Å². The van der Waals surface area contributed by atoms with Gasteiger partial charge in [-0.3, -0.25) is 0 Å². The molecular weight excluding hydrogens is 220 g/mol. The molecule has 0 saturated carbocycles. The van der Waals surface area contributed by atoms with Gasteiger partial charge in [0.05, 0.1) is 17.1 Å². The zero-order chi connectivity index (χ0) is 12.3. The number of para-hydroxylation sites is 1. The predicted octanol–water partition coefficient (Wildman–Crippen LogP) is 3.60. The second-order valence-corrected chi connectivity index (χ2v) is 5.06. The molecule has 2 nitrogen and oxygen atoms in total. The third-order valence-corrected chi connectivity index (χ3v) is 3.84. The Hall–Kier alpha value is -2.09. The van der Waals surface area contributed by atoms with E-state index in [0.717, 1.165) is 5.82 Å². The average Bonchev–Trinajstić information content (AvgIpc) is 2.76. The Morgan fingerprint density at radius 2 is 1.89 bits per heavy atom. The smallest absolute Gasteiger partial charge is 0.107 e. The van der Waals surface area contributed by atoms with E-state index >= 15 is 0 Å². The molecule has 1 atom stereocenters. The van der Waals surface area contributed by atoms with E-state index in [9.17, 15) is 0 Å². The summed E-state index contributed by atoms with van der Waals surface area (Å²) in [7, 11) is 0. The SMILES string of the molecule is Cc1cccc(C2c3cccc4c3nc(C)n42)c1. The van der Waals surface area contributed by atoms with E-state index in [-0.39, 0.29) is 0 Å². The van der Waals surface area contributed by atoms with Crippen LogP contribution in [0.2, 0.25) is 0 Å². The lowest BCUT2D eigenvalue weighted by Gasteiger charge is -2.19. The van der Waals surface area contributed by atoms with Crippen molar-refractivity contribution in [2.45, 2.75) is 19.9 Å². The molecule has 4 rings (SSSR count). The molecule has 0 amide bonds. The van der Waals surface area contributed by atoms with Gasteiger partial charge in [-0.15, -0.1) is 0 Å². The van der Waals surface area contributed by atoms with Crippen LogP contribution < -0.4 is 0 Å². The van der Waals surface area contributed by atoms with Gasteiger partial charge in [-0.25, -0.2) is 4.98 Å². The minimum atomic E-state index is 0.322. The lowest BCUT2D eigenvalue weighted by Crippen LogP contribution is -2.12. The van der Waals surface area contributed by atoms with Crippen molar-refractivity contribution in [1.29, 1.82) is 0 Å². The summed E-state index contributed by atoms with van der Waals surface area (Å²) in [6.45, 7) is 4.23. The first-order chi connectivity index (χ1) is 8.75. The van der Waals surface area contributed by atoms with Crippen LogP contribution in [-0.2, 0) is 0 Å². The number of imidazole rings is 1. The number of aryl methyl sites for hydroxylation is 2. The molecule has 18 heavy (non-hydrogen) atoms. The lowest BCUT2D eigenvalue weighted by atomic mass is 9.98. The molecule has 1 aliphatic rings. The van der Waals surface area contributed by atoms with Crippen LogP contribution in [0.5, 0.6) is 0 Å². The quantitative estimate of drug-likeness (QED) is 0.492. The molecule has 2 heterocycles. The molecule has 2 aromatic carbocycles. The fourth-order valence-corrected chi connectivity index (χ4v) is 3.11. The Morgan fingerprint density at radius 3 is 2.67 bits per heavy atom. The molecule has 0 N–H and O–H groups in total. The molecule has 1 unspecified atom stereocenters. The Balaban J connectivity index is 2.02. The Labute approximate surface area is 106 Å². The summed E-state index contributed by atoms with van der Waals surface area (Å²) in [4.78, 5) is 4.64. The molecule has 4 bridgehead atoms. The highest BCUT2D eigenvalue weighted by molar-refractivity contribution is 5.85. The fourth-order valence-electron chi connectivity index (χ4n) is 3.11. The van der Waals surface area contributed by atoms with E-state index in [2.05, 4.69) is 65.9 Å². The third-order valence-electron chi connectivity index (χ3n) is 3.84. The zero-order valence-electron chi connectivity index (χ0n) is 10.5. The van der Waals surface area contributed by atoms with Gasteiger partial charge in [0.15, 0.2) is 0 Å². The van der Waals surface area contributed by atoms with E-state index < -0.39 is 0 Å². The minimum Gasteiger partial charge on any atom is -0.316 e. The van der Waals surface area contributed by atoms with Gasteiger partial charge in [0, 0.05) is 5.56 Å². The van der Waals surface area contributed by atoms with Crippen LogP contribution in [-0.4, -0.2) is 9.55 Å². The van der Waals surface area contributed by atoms with Gasteiger partial charge < -0.3 is 4.57 Å². The van der Waals surface area contributed by atoms with Crippen molar-refractivity contribution >= 4 is 11.0 Å². The van der Waals surface area contributed by atoms with Crippen LogP contribution >= 0.6 is 0 Å². The van der Waals surface area contributed by atoms with Crippen LogP contribution in [0.25, 0.3) is 11.0 Å². The fraction of sp³-hybridized carbons (Fsp3) is 0.188. The summed E-state index contributed by atoms with van der Waals surface area (Å²) < 4.78 is 2.35. The second kappa shape index (κ2) is 3.22. The van der Waals surface area contributed by atoms with Crippen LogP contribution in [0.15, 0.2) is 42.5 Å². The van der Waals surface area contributed by atoms with Crippen LogP contribution in [0.4, 0.5) is 0 Å². The third kappa shape index (κ3) is 1.10. The standard InChI is InChI=1S/C16H14N2/c1-10-5-3-6-12(9-10)16-13-7-4-8-14-15(13)17-11(2)18(14)16/h3-9,16H,1-2H3. The van der Waals surface area contributed by atoms with Crippen LogP contribution in [0.1, 0.15) is 28.6 Å². The summed E-state index contributed by atoms with van der Waals surface area (Å²) in [5.74, 6) is 1.11. The highest BCUT2D eigenvalue weighted by Gasteiger charge is 2.30. The molecule has 0 spiro atoms. The second-order valence-electron chi connectivity index (χ2n) is 5.06. The Bertz CT molecular complexity index is 768.